The number of hydrogen-bond acceptors (Lipinski definition) is 8. The topological polar surface area (TPSA) is 128 Å². The predicted octanol–water partition coefficient (Wildman–Crippen LogP) is 1.58. The van der Waals surface area contributed by atoms with Gasteiger partial charge in [-0.15, -0.1) is 11.3 Å². The zero-order chi connectivity index (χ0) is 19.6. The third kappa shape index (κ3) is 3.62. The van der Waals surface area contributed by atoms with E-state index < -0.39 is 23.2 Å². The van der Waals surface area contributed by atoms with Crippen molar-refractivity contribution >= 4 is 39.8 Å². The molecule has 11 heteroatoms. The van der Waals surface area contributed by atoms with Crippen LogP contribution in [0, 0.1) is 5.41 Å². The maximum absolute atomic E-state index is 14.6. The predicted molar refractivity (Wildman–Crippen MR) is 96.3 cm³/mol. The van der Waals surface area contributed by atoms with Crippen LogP contribution in [-0.2, 0) is 14.4 Å². The summed E-state index contributed by atoms with van der Waals surface area (Å²) in [5, 5.41) is 26.0. The number of carbonyl (C=O) groups is 2. The molecular weight excluding hydrogens is 377 g/mol. The molecule has 0 atom stereocenters. The van der Waals surface area contributed by atoms with E-state index in [9.17, 15) is 19.1 Å². The molecule has 3 rings (SSSR count). The third-order valence-electron chi connectivity index (χ3n) is 3.77. The quantitative estimate of drug-likeness (QED) is 0.404. The van der Waals surface area contributed by atoms with Gasteiger partial charge in [0.05, 0.1) is 23.5 Å². The number of thiazole rings is 1. The molecule has 3 N–H and O–H groups in total. The Morgan fingerprint density at radius 2 is 2.37 bits per heavy atom. The van der Waals surface area contributed by atoms with Crippen molar-refractivity contribution in [3.8, 4) is 0 Å². The Kier molecular flexibility index (Phi) is 5.12. The molecule has 27 heavy (non-hydrogen) atoms. The molecule has 0 aromatic carbocycles. The van der Waals surface area contributed by atoms with Crippen LogP contribution in [0.3, 0.4) is 0 Å². The summed E-state index contributed by atoms with van der Waals surface area (Å²) in [7, 11) is 1.38. The molecule has 1 aromatic heterocycles. The number of halogens is 1. The van der Waals surface area contributed by atoms with Crippen molar-refractivity contribution in [3.63, 3.8) is 0 Å². The van der Waals surface area contributed by atoms with Crippen molar-refractivity contribution in [2.24, 2.45) is 5.16 Å². The Hall–Kier alpha value is -3.34. The number of ketones is 1. The molecule has 0 bridgehead atoms. The average molecular weight is 391 g/mol. The molecule has 0 aliphatic carbocycles. The fourth-order valence-electron chi connectivity index (χ4n) is 2.52. The van der Waals surface area contributed by atoms with Crippen molar-refractivity contribution in [1.82, 2.24) is 10.3 Å². The van der Waals surface area contributed by atoms with Crippen LogP contribution in [0.5, 0.6) is 0 Å². The van der Waals surface area contributed by atoms with Crippen LogP contribution in [0.2, 0.25) is 0 Å². The number of anilines is 1. The number of amidine groups is 1. The van der Waals surface area contributed by atoms with Crippen LogP contribution >= 0.6 is 11.3 Å². The number of rotatable bonds is 4. The van der Waals surface area contributed by atoms with Gasteiger partial charge in [-0.2, -0.15) is 0 Å². The normalized spacial score (nSPS) is 22.1. The molecule has 2 aliphatic heterocycles. The second-order valence-electron chi connectivity index (χ2n) is 5.47. The lowest BCUT2D eigenvalue weighted by Gasteiger charge is -2.24. The molecule has 0 unspecified atom stereocenters. The number of carbonyl (C=O) groups excluding carboxylic acids is 1. The summed E-state index contributed by atoms with van der Waals surface area (Å²) in [5.41, 5.74) is -0.215. The van der Waals surface area contributed by atoms with Gasteiger partial charge in [-0.25, -0.2) is 14.2 Å². The second-order valence-corrected chi connectivity index (χ2v) is 6.34. The van der Waals surface area contributed by atoms with E-state index in [2.05, 4.69) is 20.3 Å². The molecule has 0 amide bonds. The number of nitrogens with zero attached hydrogens (tertiary/aromatic N) is 3. The first-order chi connectivity index (χ1) is 12.9. The van der Waals surface area contributed by atoms with Crippen LogP contribution in [0.1, 0.15) is 6.42 Å². The van der Waals surface area contributed by atoms with Crippen molar-refractivity contribution < 1.29 is 23.9 Å². The second kappa shape index (κ2) is 7.50. The standard InChI is InChI=1S/C16H14FN5O4S/c1-26-21-8-4-12(20-6-8)11(17)5-9-13(23)10(15(24)25)7-22(14(9)18)16-19-2-3-27-16/h2-3,5,7,18,20H,4,6H2,1H3,(H,24,25)/b9-5-,12-11+,18-14?,21-8+. The van der Waals surface area contributed by atoms with Crippen molar-refractivity contribution in [2.45, 2.75) is 6.42 Å². The monoisotopic (exact) mass is 391 g/mol. The fraction of sp³-hybridized carbons (Fsp3) is 0.188. The average Bonchev–Trinajstić information content (AvgIpc) is 3.30. The van der Waals surface area contributed by atoms with Gasteiger partial charge in [-0.1, -0.05) is 5.16 Å². The van der Waals surface area contributed by atoms with Crippen LogP contribution in [0.25, 0.3) is 0 Å². The number of Topliss-reactive ketones (excluding diaryl/α,β-unsaturated/α-hetero) is 1. The molecule has 1 aromatic rings. The Balaban J connectivity index is 2.01. The van der Waals surface area contributed by atoms with Crippen LogP contribution in [0.4, 0.5) is 9.52 Å². The molecule has 1 fully saturated rings. The van der Waals surface area contributed by atoms with Crippen molar-refractivity contribution in [1.29, 1.82) is 5.41 Å². The number of aliphatic carboxylic acids is 1. The molecule has 1 saturated heterocycles. The number of nitrogens with one attached hydrogen (secondary N) is 2. The molecule has 2 aliphatic rings. The highest BCUT2D eigenvalue weighted by Crippen LogP contribution is 2.28. The Morgan fingerprint density at radius 3 is 3.00 bits per heavy atom. The third-order valence-corrected chi connectivity index (χ3v) is 4.54. The Morgan fingerprint density at radius 1 is 1.59 bits per heavy atom. The molecule has 0 radical (unpaired) electrons. The highest BCUT2D eigenvalue weighted by molar-refractivity contribution is 7.13. The lowest BCUT2D eigenvalue weighted by atomic mass is 9.98. The van der Waals surface area contributed by atoms with Gasteiger partial charge in [-0.05, 0) is 6.08 Å². The van der Waals surface area contributed by atoms with E-state index in [-0.39, 0.29) is 30.1 Å². The van der Waals surface area contributed by atoms with E-state index in [1.807, 2.05) is 0 Å². The van der Waals surface area contributed by atoms with E-state index in [1.54, 1.807) is 5.38 Å². The van der Waals surface area contributed by atoms with E-state index >= 15 is 0 Å². The SMILES string of the molecule is CO/N=C1/CN/C(=C(F)\C=C2/C(=N)N(c3nccs3)C=C(C(=O)O)C2=O)C1. The lowest BCUT2D eigenvalue weighted by molar-refractivity contribution is -0.134. The van der Waals surface area contributed by atoms with Crippen LogP contribution in [-0.4, -0.2) is 47.0 Å². The highest BCUT2D eigenvalue weighted by Gasteiger charge is 2.34. The summed E-state index contributed by atoms with van der Waals surface area (Å²) in [6.45, 7) is 0.288. The largest absolute Gasteiger partial charge is 0.477 e. The first-order valence-corrected chi connectivity index (χ1v) is 8.51. The van der Waals surface area contributed by atoms with Gasteiger partial charge in [0, 0.05) is 24.2 Å². The number of aromatic nitrogens is 1. The first-order valence-electron chi connectivity index (χ1n) is 7.63. The van der Waals surface area contributed by atoms with Gasteiger partial charge in [0.25, 0.3) is 0 Å². The Bertz CT molecular complexity index is 933. The maximum atomic E-state index is 14.6. The molecule has 3 heterocycles. The molecular formula is C16H14FN5O4S. The number of hydrogen-bond donors (Lipinski definition) is 3. The maximum Gasteiger partial charge on any atom is 0.341 e. The molecule has 0 saturated carbocycles. The van der Waals surface area contributed by atoms with Gasteiger partial charge in [-0.3, -0.25) is 15.1 Å². The summed E-state index contributed by atoms with van der Waals surface area (Å²) in [4.78, 5) is 33.7. The minimum absolute atomic E-state index is 0.156. The lowest BCUT2D eigenvalue weighted by Crippen LogP contribution is -2.37. The van der Waals surface area contributed by atoms with Crippen LogP contribution < -0.4 is 10.2 Å². The summed E-state index contributed by atoms with van der Waals surface area (Å²) >= 11 is 1.15. The number of allylic oxidation sites excluding steroid dienone is 3. The van der Waals surface area contributed by atoms with E-state index in [0.717, 1.165) is 28.5 Å². The summed E-state index contributed by atoms with van der Waals surface area (Å²) < 4.78 is 14.6. The first kappa shape index (κ1) is 18.5. The van der Waals surface area contributed by atoms with E-state index in [0.29, 0.717) is 10.8 Å². The number of carboxylic acid groups (broad SMARTS) is 1. The van der Waals surface area contributed by atoms with Gasteiger partial charge >= 0.3 is 5.97 Å². The number of oxime groups is 1. The van der Waals surface area contributed by atoms with Crippen LogP contribution in [0.15, 0.2) is 51.7 Å². The summed E-state index contributed by atoms with van der Waals surface area (Å²) in [6, 6.07) is 0. The van der Waals surface area contributed by atoms with Gasteiger partial charge in [0.2, 0.25) is 5.78 Å². The molecule has 140 valence electrons. The zero-order valence-electron chi connectivity index (χ0n) is 14.0. The molecule has 9 nitrogen and oxygen atoms in total. The minimum atomic E-state index is -1.47. The van der Waals surface area contributed by atoms with Crippen molar-refractivity contribution in [3.05, 3.63) is 46.5 Å². The van der Waals surface area contributed by atoms with E-state index in [1.165, 1.54) is 13.3 Å². The summed E-state index contributed by atoms with van der Waals surface area (Å²) in [6.07, 6.45) is 3.51. The zero-order valence-corrected chi connectivity index (χ0v) is 14.8. The van der Waals surface area contributed by atoms with Gasteiger partial charge in [0.15, 0.2) is 5.13 Å². The van der Waals surface area contributed by atoms with Gasteiger partial charge in [0.1, 0.15) is 24.3 Å². The Labute approximate surface area is 156 Å². The number of carboxylic acids is 1. The van der Waals surface area contributed by atoms with Crippen molar-refractivity contribution in [2.75, 3.05) is 18.6 Å². The van der Waals surface area contributed by atoms with Gasteiger partial charge < -0.3 is 15.3 Å². The fourth-order valence-corrected chi connectivity index (χ4v) is 3.14. The highest BCUT2D eigenvalue weighted by atomic mass is 32.1. The van der Waals surface area contributed by atoms with E-state index in [4.69, 9.17) is 5.41 Å². The smallest absolute Gasteiger partial charge is 0.341 e. The summed E-state index contributed by atoms with van der Waals surface area (Å²) in [5.74, 6) is -3.56. The molecule has 0 spiro atoms. The minimum Gasteiger partial charge on any atom is -0.477 e.